The highest BCUT2D eigenvalue weighted by Crippen LogP contribution is 2.25. The second-order valence-electron chi connectivity index (χ2n) is 4.17. The summed E-state index contributed by atoms with van der Waals surface area (Å²) in [5, 5.41) is 3.72. The van der Waals surface area contributed by atoms with Crippen molar-refractivity contribution in [1.82, 2.24) is 10.2 Å². The van der Waals surface area contributed by atoms with Crippen molar-refractivity contribution < 1.29 is 4.39 Å². The van der Waals surface area contributed by atoms with Crippen molar-refractivity contribution >= 4 is 11.6 Å². The van der Waals surface area contributed by atoms with Crippen molar-refractivity contribution in [2.24, 2.45) is 0 Å². The maximum atomic E-state index is 13.3. The molecule has 2 rings (SSSR count). The molecule has 1 aromatic rings. The summed E-state index contributed by atoms with van der Waals surface area (Å²) in [6.45, 7) is 7.62. The summed E-state index contributed by atoms with van der Waals surface area (Å²) in [5.74, 6) is -0.297. The van der Waals surface area contributed by atoms with E-state index in [0.717, 1.165) is 31.7 Å². The molecule has 0 aromatic heterocycles. The Morgan fingerprint density at radius 3 is 2.65 bits per heavy atom. The molecule has 1 heterocycles. The van der Waals surface area contributed by atoms with Crippen LogP contribution >= 0.6 is 11.6 Å². The summed E-state index contributed by atoms with van der Waals surface area (Å²) in [4.78, 5) is 2.27. The lowest BCUT2D eigenvalue weighted by atomic mass is 10.0. The molecule has 92 valence electrons. The number of benzene rings is 1. The van der Waals surface area contributed by atoms with Crippen LogP contribution in [0.1, 0.15) is 11.6 Å². The summed E-state index contributed by atoms with van der Waals surface area (Å²) in [5.41, 5.74) is 0.868. The van der Waals surface area contributed by atoms with Crippen LogP contribution in [-0.4, -0.2) is 31.1 Å². The summed E-state index contributed by atoms with van der Waals surface area (Å²) in [7, 11) is 0. The zero-order valence-corrected chi connectivity index (χ0v) is 10.4. The van der Waals surface area contributed by atoms with E-state index in [1.54, 1.807) is 6.07 Å². The molecule has 0 aliphatic carbocycles. The fourth-order valence-electron chi connectivity index (χ4n) is 2.20. The van der Waals surface area contributed by atoms with Crippen LogP contribution in [0.15, 0.2) is 30.9 Å². The topological polar surface area (TPSA) is 15.3 Å². The molecule has 0 spiro atoms. The Balaban J connectivity index is 2.24. The molecular formula is C13H16ClFN2. The standard InChI is InChI=1S/C13H16ClFN2/c1-2-13(17-5-3-16-4-6-17)10-7-11(14)9-12(15)8-10/h2,7-9,13,16H,1,3-6H2/t13-/m1/s1. The van der Waals surface area contributed by atoms with Gasteiger partial charge in [-0.25, -0.2) is 4.39 Å². The van der Waals surface area contributed by atoms with E-state index in [4.69, 9.17) is 11.6 Å². The van der Waals surface area contributed by atoms with E-state index >= 15 is 0 Å². The smallest absolute Gasteiger partial charge is 0.125 e. The van der Waals surface area contributed by atoms with Gasteiger partial charge in [-0.15, -0.1) is 6.58 Å². The minimum atomic E-state index is -0.297. The summed E-state index contributed by atoms with van der Waals surface area (Å²) < 4.78 is 13.3. The first-order valence-corrected chi connectivity index (χ1v) is 6.12. The van der Waals surface area contributed by atoms with E-state index in [9.17, 15) is 4.39 Å². The molecule has 1 aliphatic rings. The zero-order valence-electron chi connectivity index (χ0n) is 9.63. The van der Waals surface area contributed by atoms with Gasteiger partial charge in [-0.3, -0.25) is 4.90 Å². The van der Waals surface area contributed by atoms with Crippen molar-refractivity contribution in [2.75, 3.05) is 26.2 Å². The van der Waals surface area contributed by atoms with E-state index in [0.29, 0.717) is 5.02 Å². The third-order valence-electron chi connectivity index (χ3n) is 2.99. The Morgan fingerprint density at radius 2 is 2.06 bits per heavy atom. The minimum absolute atomic E-state index is 0.0327. The fourth-order valence-corrected chi connectivity index (χ4v) is 2.43. The lowest BCUT2D eigenvalue weighted by Crippen LogP contribution is -2.44. The number of nitrogens with one attached hydrogen (secondary N) is 1. The van der Waals surface area contributed by atoms with Gasteiger partial charge >= 0.3 is 0 Å². The van der Waals surface area contributed by atoms with Crippen LogP contribution in [0.4, 0.5) is 4.39 Å². The number of piperazine rings is 1. The van der Waals surface area contributed by atoms with Crippen molar-refractivity contribution in [1.29, 1.82) is 0 Å². The molecular weight excluding hydrogens is 239 g/mol. The number of hydrogen-bond donors (Lipinski definition) is 1. The van der Waals surface area contributed by atoms with Crippen LogP contribution < -0.4 is 5.32 Å². The Kier molecular flexibility index (Phi) is 4.15. The van der Waals surface area contributed by atoms with Crippen molar-refractivity contribution in [3.63, 3.8) is 0 Å². The predicted octanol–water partition coefficient (Wildman–Crippen LogP) is 2.61. The third kappa shape index (κ3) is 3.06. The maximum absolute atomic E-state index is 13.3. The van der Waals surface area contributed by atoms with Gasteiger partial charge in [0.2, 0.25) is 0 Å². The van der Waals surface area contributed by atoms with Crippen LogP contribution in [0.5, 0.6) is 0 Å². The molecule has 0 amide bonds. The molecule has 1 saturated heterocycles. The molecule has 0 unspecified atom stereocenters. The molecule has 1 atom stereocenters. The van der Waals surface area contributed by atoms with E-state index in [2.05, 4.69) is 16.8 Å². The normalized spacial score (nSPS) is 18.9. The van der Waals surface area contributed by atoms with Crippen LogP contribution in [0.3, 0.4) is 0 Å². The molecule has 0 saturated carbocycles. The molecule has 2 nitrogen and oxygen atoms in total. The van der Waals surface area contributed by atoms with Gasteiger partial charge in [-0.2, -0.15) is 0 Å². The first-order chi connectivity index (χ1) is 8.20. The molecule has 1 aliphatic heterocycles. The average Bonchev–Trinajstić information content (AvgIpc) is 2.30. The Hall–Kier alpha value is -0.900. The van der Waals surface area contributed by atoms with Gasteiger partial charge in [0, 0.05) is 31.2 Å². The molecule has 0 radical (unpaired) electrons. The Morgan fingerprint density at radius 1 is 1.35 bits per heavy atom. The van der Waals surface area contributed by atoms with Gasteiger partial charge in [0.1, 0.15) is 5.82 Å². The summed E-state index contributed by atoms with van der Waals surface area (Å²) >= 11 is 5.88. The predicted molar refractivity (Wildman–Crippen MR) is 68.8 cm³/mol. The molecule has 1 aromatic carbocycles. The highest BCUT2D eigenvalue weighted by molar-refractivity contribution is 6.30. The summed E-state index contributed by atoms with van der Waals surface area (Å²) in [6, 6.07) is 4.69. The third-order valence-corrected chi connectivity index (χ3v) is 3.21. The van der Waals surface area contributed by atoms with Gasteiger partial charge < -0.3 is 5.32 Å². The van der Waals surface area contributed by atoms with E-state index < -0.39 is 0 Å². The highest BCUT2D eigenvalue weighted by atomic mass is 35.5. The van der Waals surface area contributed by atoms with Gasteiger partial charge in [-0.1, -0.05) is 17.7 Å². The minimum Gasteiger partial charge on any atom is -0.314 e. The maximum Gasteiger partial charge on any atom is 0.125 e. The monoisotopic (exact) mass is 254 g/mol. The van der Waals surface area contributed by atoms with Crippen LogP contribution in [0, 0.1) is 5.82 Å². The lowest BCUT2D eigenvalue weighted by molar-refractivity contribution is 0.203. The van der Waals surface area contributed by atoms with E-state index in [1.807, 2.05) is 6.08 Å². The number of hydrogen-bond acceptors (Lipinski definition) is 2. The van der Waals surface area contributed by atoms with Gasteiger partial charge in [0.15, 0.2) is 0 Å². The first-order valence-electron chi connectivity index (χ1n) is 5.74. The van der Waals surface area contributed by atoms with Crippen LogP contribution in [-0.2, 0) is 0 Å². The average molecular weight is 255 g/mol. The van der Waals surface area contributed by atoms with Crippen molar-refractivity contribution in [3.05, 3.63) is 47.3 Å². The molecule has 1 N–H and O–H groups in total. The molecule has 0 bridgehead atoms. The van der Waals surface area contributed by atoms with E-state index in [-0.39, 0.29) is 11.9 Å². The van der Waals surface area contributed by atoms with Crippen molar-refractivity contribution in [2.45, 2.75) is 6.04 Å². The quantitative estimate of drug-likeness (QED) is 0.835. The Labute approximate surface area is 106 Å². The molecule has 17 heavy (non-hydrogen) atoms. The fraction of sp³-hybridized carbons (Fsp3) is 0.385. The molecule has 1 fully saturated rings. The first kappa shape index (κ1) is 12.6. The Bertz CT molecular complexity index is 382. The number of nitrogens with zero attached hydrogens (tertiary/aromatic N) is 1. The SMILES string of the molecule is C=C[C@H](c1cc(F)cc(Cl)c1)N1CCNCC1. The summed E-state index contributed by atoms with van der Waals surface area (Å²) in [6.07, 6.45) is 1.84. The number of rotatable bonds is 3. The lowest BCUT2D eigenvalue weighted by Gasteiger charge is -2.33. The second kappa shape index (κ2) is 5.63. The van der Waals surface area contributed by atoms with Gasteiger partial charge in [0.25, 0.3) is 0 Å². The zero-order chi connectivity index (χ0) is 12.3. The highest BCUT2D eigenvalue weighted by Gasteiger charge is 2.20. The van der Waals surface area contributed by atoms with Gasteiger partial charge in [0.05, 0.1) is 6.04 Å². The van der Waals surface area contributed by atoms with E-state index in [1.165, 1.54) is 12.1 Å². The second-order valence-corrected chi connectivity index (χ2v) is 4.61. The molecule has 4 heteroatoms. The largest absolute Gasteiger partial charge is 0.314 e. The van der Waals surface area contributed by atoms with Crippen molar-refractivity contribution in [3.8, 4) is 0 Å². The van der Waals surface area contributed by atoms with Crippen LogP contribution in [0.25, 0.3) is 0 Å². The van der Waals surface area contributed by atoms with Gasteiger partial charge in [-0.05, 0) is 23.8 Å². The number of halogens is 2. The van der Waals surface area contributed by atoms with Crippen LogP contribution in [0.2, 0.25) is 5.02 Å².